The Morgan fingerprint density at radius 1 is 1.42 bits per heavy atom. The smallest absolute Gasteiger partial charge is 0.231 e. The maximum absolute atomic E-state index is 12.2. The molecule has 1 N–H and O–H groups in total. The minimum Gasteiger partial charge on any atom is -0.480 e. The molecule has 2 rings (SSSR count). The number of halogens is 2. The molecule has 19 heavy (non-hydrogen) atoms. The predicted octanol–water partition coefficient (Wildman–Crippen LogP) is 3.04. The van der Waals surface area contributed by atoms with Crippen molar-refractivity contribution in [2.24, 2.45) is 0 Å². The molecule has 2 aromatic rings. The first-order valence-corrected chi connectivity index (χ1v) is 7.42. The number of ether oxygens (including phenoxy) is 1. The first-order valence-electron chi connectivity index (χ1n) is 5.09. The van der Waals surface area contributed by atoms with Crippen LogP contribution in [-0.2, 0) is 11.0 Å². The number of hydrogen-bond acceptors (Lipinski definition) is 4. The third-order valence-electron chi connectivity index (χ3n) is 2.12. The molecule has 0 aromatic carbocycles. The molecule has 0 fully saturated rings. The molecular weight excluding hydrogens is 354 g/mol. The average molecular weight is 363 g/mol. The highest BCUT2D eigenvalue weighted by molar-refractivity contribution is 9.10. The summed E-state index contributed by atoms with van der Waals surface area (Å²) in [5.74, 6) is 0.267. The van der Waals surface area contributed by atoms with Gasteiger partial charge in [-0.2, -0.15) is 0 Å². The Morgan fingerprint density at radius 2 is 2.21 bits per heavy atom. The molecule has 0 aliphatic carbocycles. The fourth-order valence-electron chi connectivity index (χ4n) is 1.32. The zero-order valence-corrected chi connectivity index (χ0v) is 12.9. The number of nitrogens with zero attached hydrogens (tertiary/aromatic N) is 2. The number of pyridine rings is 2. The van der Waals surface area contributed by atoms with Crippen molar-refractivity contribution in [2.75, 3.05) is 11.8 Å². The lowest BCUT2D eigenvalue weighted by Crippen LogP contribution is -2.07. The number of rotatable bonds is 4. The average Bonchev–Trinajstić information content (AvgIpc) is 2.38. The van der Waals surface area contributed by atoms with Crippen LogP contribution in [0.2, 0.25) is 5.02 Å². The highest BCUT2D eigenvalue weighted by Crippen LogP contribution is 2.24. The Kier molecular flexibility index (Phi) is 4.73. The van der Waals surface area contributed by atoms with Gasteiger partial charge < -0.3 is 9.46 Å². The van der Waals surface area contributed by atoms with Crippen LogP contribution in [0.25, 0.3) is 0 Å². The van der Waals surface area contributed by atoms with E-state index in [-0.39, 0.29) is 5.88 Å². The van der Waals surface area contributed by atoms with Crippen LogP contribution in [0.4, 0.5) is 5.69 Å². The first kappa shape index (κ1) is 14.2. The first-order chi connectivity index (χ1) is 9.10. The molecule has 0 aliphatic rings. The summed E-state index contributed by atoms with van der Waals surface area (Å²) < 4.78 is 20.8. The van der Waals surface area contributed by atoms with Gasteiger partial charge in [0.15, 0.2) is 11.0 Å². The van der Waals surface area contributed by atoms with Crippen molar-refractivity contribution in [3.63, 3.8) is 0 Å². The molecule has 0 saturated heterocycles. The summed E-state index contributed by atoms with van der Waals surface area (Å²) in [4.78, 5) is 8.33. The Labute approximate surface area is 126 Å². The van der Waals surface area contributed by atoms with E-state index >= 15 is 0 Å². The molecule has 0 bridgehead atoms. The molecule has 2 heterocycles. The van der Waals surface area contributed by atoms with Gasteiger partial charge in [0, 0.05) is 12.4 Å². The van der Waals surface area contributed by atoms with Gasteiger partial charge in [-0.05, 0) is 34.1 Å². The summed E-state index contributed by atoms with van der Waals surface area (Å²) in [5.41, 5.74) is 0.655. The topological polar surface area (TPSA) is 64.1 Å². The van der Waals surface area contributed by atoms with Gasteiger partial charge in [0.25, 0.3) is 0 Å². The summed E-state index contributed by atoms with van der Waals surface area (Å²) in [6.07, 6.45) is 3.03. The minimum atomic E-state index is -1.53. The van der Waals surface area contributed by atoms with Crippen molar-refractivity contribution < 1.29 is 8.95 Å². The van der Waals surface area contributed by atoms with Gasteiger partial charge in [-0.15, -0.1) is 0 Å². The van der Waals surface area contributed by atoms with Gasteiger partial charge >= 0.3 is 0 Å². The van der Waals surface area contributed by atoms with Gasteiger partial charge in [0.05, 0.1) is 17.8 Å². The molecule has 2 aromatic heterocycles. The second kappa shape index (κ2) is 6.31. The van der Waals surface area contributed by atoms with Crippen LogP contribution >= 0.6 is 27.5 Å². The SMILES string of the molecule is COc1ncc(Cl)cc1S(=O)Nc1ccnc(Br)c1. The van der Waals surface area contributed by atoms with Crippen LogP contribution in [0, 0.1) is 0 Å². The van der Waals surface area contributed by atoms with Crippen molar-refractivity contribution in [1.29, 1.82) is 0 Å². The number of aromatic nitrogens is 2. The van der Waals surface area contributed by atoms with Crippen LogP contribution in [0.5, 0.6) is 5.88 Å². The molecule has 5 nitrogen and oxygen atoms in total. The van der Waals surface area contributed by atoms with E-state index in [1.807, 2.05) is 0 Å². The number of hydrogen-bond donors (Lipinski definition) is 1. The molecule has 100 valence electrons. The molecule has 8 heteroatoms. The van der Waals surface area contributed by atoms with E-state index in [1.54, 1.807) is 24.4 Å². The molecule has 1 atom stereocenters. The second-order valence-corrected chi connectivity index (χ2v) is 5.83. The van der Waals surface area contributed by atoms with Crippen LogP contribution in [0.1, 0.15) is 0 Å². The summed E-state index contributed by atoms with van der Waals surface area (Å²) in [6, 6.07) is 4.96. The molecule has 0 aliphatic heterocycles. The number of anilines is 1. The van der Waals surface area contributed by atoms with Crippen LogP contribution in [-0.4, -0.2) is 21.3 Å². The summed E-state index contributed by atoms with van der Waals surface area (Å²) in [5, 5.41) is 0.391. The number of methoxy groups -OCH3 is 1. The van der Waals surface area contributed by atoms with Crippen LogP contribution in [0.3, 0.4) is 0 Å². The van der Waals surface area contributed by atoms with Gasteiger partial charge in [0.2, 0.25) is 5.88 Å². The Bertz CT molecular complexity index is 627. The monoisotopic (exact) mass is 361 g/mol. The molecule has 0 saturated carbocycles. The van der Waals surface area contributed by atoms with E-state index in [2.05, 4.69) is 30.6 Å². The normalized spacial score (nSPS) is 11.9. The lowest BCUT2D eigenvalue weighted by Gasteiger charge is -2.09. The van der Waals surface area contributed by atoms with Gasteiger partial charge in [0.1, 0.15) is 9.50 Å². The van der Waals surface area contributed by atoms with Gasteiger partial charge in [-0.1, -0.05) is 11.6 Å². The zero-order chi connectivity index (χ0) is 13.8. The van der Waals surface area contributed by atoms with E-state index in [4.69, 9.17) is 16.3 Å². The van der Waals surface area contributed by atoms with Gasteiger partial charge in [-0.25, -0.2) is 14.2 Å². The molecule has 1 unspecified atom stereocenters. The van der Waals surface area contributed by atoms with Crippen molar-refractivity contribution >= 4 is 44.2 Å². The summed E-state index contributed by atoms with van der Waals surface area (Å²) in [6.45, 7) is 0. The Balaban J connectivity index is 2.27. The maximum Gasteiger partial charge on any atom is 0.231 e. The zero-order valence-electron chi connectivity index (χ0n) is 9.76. The lowest BCUT2D eigenvalue weighted by atomic mass is 10.4. The van der Waals surface area contributed by atoms with E-state index in [1.165, 1.54) is 13.3 Å². The third-order valence-corrected chi connectivity index (χ3v) is 3.87. The quantitative estimate of drug-likeness (QED) is 0.849. The number of nitrogens with one attached hydrogen (secondary N) is 1. The second-order valence-electron chi connectivity index (χ2n) is 3.40. The molecule has 0 spiro atoms. The van der Waals surface area contributed by atoms with E-state index in [0.717, 1.165) is 0 Å². The Morgan fingerprint density at radius 3 is 2.89 bits per heavy atom. The third kappa shape index (κ3) is 3.65. The van der Waals surface area contributed by atoms with Gasteiger partial charge in [-0.3, -0.25) is 0 Å². The van der Waals surface area contributed by atoms with E-state index < -0.39 is 11.0 Å². The standard InChI is InChI=1S/C11H9BrClN3O2S/c1-18-11-9(4-7(13)6-15-11)19(17)16-8-2-3-14-10(12)5-8/h2-6H,1H3,(H,14,16). The largest absolute Gasteiger partial charge is 0.480 e. The highest BCUT2D eigenvalue weighted by Gasteiger charge is 2.13. The Hall–Kier alpha value is -1.18. The lowest BCUT2D eigenvalue weighted by molar-refractivity contribution is 0.386. The molecular formula is C11H9BrClN3O2S. The fraction of sp³-hybridized carbons (Fsp3) is 0.0909. The van der Waals surface area contributed by atoms with Crippen molar-refractivity contribution in [3.8, 4) is 5.88 Å². The molecule has 0 radical (unpaired) electrons. The van der Waals surface area contributed by atoms with Crippen LogP contribution < -0.4 is 9.46 Å². The van der Waals surface area contributed by atoms with E-state index in [9.17, 15) is 4.21 Å². The summed E-state index contributed by atoms with van der Waals surface area (Å²) in [7, 11) is -0.0766. The summed E-state index contributed by atoms with van der Waals surface area (Å²) >= 11 is 9.09. The van der Waals surface area contributed by atoms with Crippen LogP contribution in [0.15, 0.2) is 40.1 Å². The van der Waals surface area contributed by atoms with Crippen molar-refractivity contribution in [1.82, 2.24) is 9.97 Å². The highest BCUT2D eigenvalue weighted by atomic mass is 79.9. The predicted molar refractivity (Wildman–Crippen MR) is 77.8 cm³/mol. The van der Waals surface area contributed by atoms with E-state index in [0.29, 0.717) is 20.2 Å². The van der Waals surface area contributed by atoms with Crippen molar-refractivity contribution in [2.45, 2.75) is 4.90 Å². The maximum atomic E-state index is 12.2. The minimum absolute atomic E-state index is 0.267. The fourth-order valence-corrected chi connectivity index (χ4v) is 2.89. The van der Waals surface area contributed by atoms with Crippen molar-refractivity contribution in [3.05, 3.63) is 40.2 Å². The molecule has 0 amide bonds.